The molecular formula is C26H26FNO6S. The van der Waals surface area contributed by atoms with Crippen LogP contribution in [0, 0.1) is 5.82 Å². The molecule has 1 saturated heterocycles. The molecule has 0 amide bonds. The fourth-order valence-corrected chi connectivity index (χ4v) is 6.04. The van der Waals surface area contributed by atoms with Gasteiger partial charge in [0.1, 0.15) is 17.3 Å². The Morgan fingerprint density at radius 2 is 1.80 bits per heavy atom. The number of aliphatic hydroxyl groups excluding tert-OH is 1. The van der Waals surface area contributed by atoms with Crippen LogP contribution in [0.5, 0.6) is 0 Å². The van der Waals surface area contributed by atoms with E-state index in [0.29, 0.717) is 53.8 Å². The minimum Gasteiger partial charge on any atom is -0.481 e. The summed E-state index contributed by atoms with van der Waals surface area (Å²) in [6, 6.07) is 13.1. The quantitative estimate of drug-likeness (QED) is 0.458. The number of carbonyl (C=O) groups is 1. The van der Waals surface area contributed by atoms with Gasteiger partial charge in [-0.05, 0) is 51.7 Å². The van der Waals surface area contributed by atoms with Gasteiger partial charge in [0, 0.05) is 13.1 Å². The molecule has 1 fully saturated rings. The van der Waals surface area contributed by atoms with Gasteiger partial charge in [-0.25, -0.2) is 12.8 Å². The zero-order valence-electron chi connectivity index (χ0n) is 18.9. The summed E-state index contributed by atoms with van der Waals surface area (Å²) in [5.41, 5.74) is 1.19. The molecule has 0 aliphatic carbocycles. The lowest BCUT2D eigenvalue weighted by atomic mass is 9.93. The third-order valence-corrected chi connectivity index (χ3v) is 8.16. The molecule has 7 nitrogen and oxygen atoms in total. The second-order valence-electron chi connectivity index (χ2n) is 8.41. The molecule has 9 heteroatoms. The van der Waals surface area contributed by atoms with E-state index in [-0.39, 0.29) is 11.3 Å². The predicted molar refractivity (Wildman–Crippen MR) is 129 cm³/mol. The zero-order chi connectivity index (χ0) is 25.2. The summed E-state index contributed by atoms with van der Waals surface area (Å²) in [7, 11) is -3.76. The Hall–Kier alpha value is -3.11. The number of ether oxygens (including phenoxy) is 1. The third kappa shape index (κ3) is 5.28. The number of rotatable bonds is 8. The van der Waals surface area contributed by atoms with Crippen LogP contribution < -0.4 is 0 Å². The number of morpholine rings is 1. The Bertz CT molecular complexity index is 1350. The van der Waals surface area contributed by atoms with Gasteiger partial charge >= 0.3 is 5.97 Å². The first-order valence-corrected chi connectivity index (χ1v) is 12.7. The van der Waals surface area contributed by atoms with E-state index in [1.54, 1.807) is 11.0 Å². The van der Waals surface area contributed by atoms with Crippen molar-refractivity contribution in [3.8, 4) is 0 Å². The molecule has 0 saturated carbocycles. The predicted octanol–water partition coefficient (Wildman–Crippen LogP) is 3.31. The van der Waals surface area contributed by atoms with Crippen molar-refractivity contribution in [3.63, 3.8) is 0 Å². The number of aliphatic hydroxyl groups is 1. The van der Waals surface area contributed by atoms with Crippen LogP contribution in [-0.2, 0) is 25.8 Å². The Balaban J connectivity index is 1.68. The van der Waals surface area contributed by atoms with Crippen molar-refractivity contribution >= 4 is 26.6 Å². The number of sulfone groups is 1. The fourth-order valence-electron chi connectivity index (χ4n) is 4.39. The summed E-state index contributed by atoms with van der Waals surface area (Å²) in [5.74, 6) is -1.52. The Morgan fingerprint density at radius 1 is 1.11 bits per heavy atom. The van der Waals surface area contributed by atoms with Crippen LogP contribution in [0.1, 0.15) is 22.8 Å². The van der Waals surface area contributed by atoms with Crippen LogP contribution in [0.15, 0.2) is 72.1 Å². The molecule has 35 heavy (non-hydrogen) atoms. The number of fused-ring (bicyclic) bond motifs is 1. The number of hydrogen-bond acceptors (Lipinski definition) is 6. The number of carboxylic acids is 1. The van der Waals surface area contributed by atoms with E-state index in [1.807, 2.05) is 0 Å². The summed E-state index contributed by atoms with van der Waals surface area (Å²) in [5, 5.41) is 20.5. The normalized spacial score (nSPS) is 16.6. The van der Waals surface area contributed by atoms with E-state index in [0.717, 1.165) is 0 Å². The molecule has 0 aromatic heterocycles. The van der Waals surface area contributed by atoms with Crippen LogP contribution in [0.3, 0.4) is 0 Å². The molecule has 3 aromatic carbocycles. The van der Waals surface area contributed by atoms with Gasteiger partial charge in [-0.2, -0.15) is 0 Å². The third-order valence-electron chi connectivity index (χ3n) is 6.11. The highest BCUT2D eigenvalue weighted by Crippen LogP contribution is 2.32. The molecule has 1 aliphatic heterocycles. The monoisotopic (exact) mass is 499 g/mol. The summed E-state index contributed by atoms with van der Waals surface area (Å²) < 4.78 is 45.8. The summed E-state index contributed by atoms with van der Waals surface area (Å²) in [6.45, 7) is 5.54. The Kier molecular flexibility index (Phi) is 7.32. The number of hydrogen-bond donors (Lipinski definition) is 2. The first-order chi connectivity index (χ1) is 16.7. The van der Waals surface area contributed by atoms with Gasteiger partial charge in [0.05, 0.1) is 24.5 Å². The maximum atomic E-state index is 14.0. The van der Waals surface area contributed by atoms with Crippen LogP contribution in [0.25, 0.3) is 10.8 Å². The van der Waals surface area contributed by atoms with Gasteiger partial charge in [0.15, 0.2) is 9.84 Å². The molecular weight excluding hydrogens is 473 g/mol. The lowest BCUT2D eigenvalue weighted by Crippen LogP contribution is -2.46. The number of aliphatic carboxylic acids is 1. The number of benzene rings is 3. The average molecular weight is 500 g/mol. The number of halogens is 1. The van der Waals surface area contributed by atoms with E-state index in [1.165, 1.54) is 54.6 Å². The molecule has 0 bridgehead atoms. The SMILES string of the molecule is C=CC(N1CCOCC1)S(=O)(=O)c1ccc(C(O)c2cc(CC(=O)O)cc3ccc(F)cc23)cc1. The first kappa shape index (κ1) is 25.0. The second-order valence-corrected chi connectivity index (χ2v) is 10.5. The molecule has 2 N–H and O–H groups in total. The van der Waals surface area contributed by atoms with E-state index in [2.05, 4.69) is 6.58 Å². The molecule has 4 rings (SSSR count). The average Bonchev–Trinajstić information content (AvgIpc) is 2.84. The molecule has 2 unspecified atom stereocenters. The summed E-state index contributed by atoms with van der Waals surface area (Å²) in [4.78, 5) is 13.1. The van der Waals surface area contributed by atoms with Gasteiger partial charge in [-0.3, -0.25) is 9.69 Å². The highest BCUT2D eigenvalue weighted by atomic mass is 32.2. The number of carboxylic acid groups (broad SMARTS) is 1. The Morgan fingerprint density at radius 3 is 2.43 bits per heavy atom. The largest absolute Gasteiger partial charge is 0.481 e. The van der Waals surface area contributed by atoms with Gasteiger partial charge in [-0.1, -0.05) is 36.4 Å². The summed E-state index contributed by atoms with van der Waals surface area (Å²) >= 11 is 0. The van der Waals surface area contributed by atoms with Crippen molar-refractivity contribution in [2.45, 2.75) is 22.8 Å². The van der Waals surface area contributed by atoms with Gasteiger partial charge in [-0.15, -0.1) is 6.58 Å². The van der Waals surface area contributed by atoms with Crippen LogP contribution in [-0.4, -0.2) is 61.2 Å². The van der Waals surface area contributed by atoms with Crippen LogP contribution in [0.2, 0.25) is 0 Å². The standard InChI is InChI=1S/C26H26FNO6S/c1-2-24(28-9-11-34-12-10-28)35(32,33)21-7-4-18(5-8-21)26(31)23-14-17(15-25(29)30)13-19-3-6-20(27)16-22(19)23/h2-8,13-14,16,24,26,31H,1,9-12,15H2,(H,29,30). The van der Waals surface area contributed by atoms with Gasteiger partial charge < -0.3 is 14.9 Å². The molecule has 3 aromatic rings. The highest BCUT2D eigenvalue weighted by molar-refractivity contribution is 7.92. The van der Waals surface area contributed by atoms with E-state index >= 15 is 0 Å². The maximum Gasteiger partial charge on any atom is 0.307 e. The number of nitrogens with zero attached hydrogens (tertiary/aromatic N) is 1. The lowest BCUT2D eigenvalue weighted by Gasteiger charge is -2.32. The van der Waals surface area contributed by atoms with Gasteiger partial charge in [0.2, 0.25) is 0 Å². The fraction of sp³-hybridized carbons (Fsp3) is 0.269. The van der Waals surface area contributed by atoms with Crippen molar-refractivity contribution in [2.75, 3.05) is 26.3 Å². The minimum absolute atomic E-state index is 0.0837. The molecule has 1 heterocycles. The lowest BCUT2D eigenvalue weighted by molar-refractivity contribution is -0.136. The van der Waals surface area contributed by atoms with E-state index < -0.39 is 33.1 Å². The smallest absolute Gasteiger partial charge is 0.307 e. The highest BCUT2D eigenvalue weighted by Gasteiger charge is 2.31. The second kappa shape index (κ2) is 10.2. The van der Waals surface area contributed by atoms with E-state index in [4.69, 9.17) is 4.74 Å². The van der Waals surface area contributed by atoms with E-state index in [9.17, 15) is 27.8 Å². The van der Waals surface area contributed by atoms with Crippen LogP contribution in [0.4, 0.5) is 4.39 Å². The van der Waals surface area contributed by atoms with Gasteiger partial charge in [0.25, 0.3) is 0 Å². The Labute approximate surface area is 203 Å². The first-order valence-electron chi connectivity index (χ1n) is 11.1. The molecule has 184 valence electrons. The molecule has 2 atom stereocenters. The molecule has 1 aliphatic rings. The van der Waals surface area contributed by atoms with Crippen molar-refractivity contribution < 1.29 is 32.6 Å². The zero-order valence-corrected chi connectivity index (χ0v) is 19.7. The summed E-state index contributed by atoms with van der Waals surface area (Å²) in [6.07, 6.45) is -0.0773. The van der Waals surface area contributed by atoms with Crippen molar-refractivity contribution in [1.82, 2.24) is 4.90 Å². The van der Waals surface area contributed by atoms with Crippen molar-refractivity contribution in [2.24, 2.45) is 0 Å². The van der Waals surface area contributed by atoms with Crippen LogP contribution >= 0.6 is 0 Å². The maximum absolute atomic E-state index is 14.0. The minimum atomic E-state index is -3.76. The van der Waals surface area contributed by atoms with Crippen molar-refractivity contribution in [1.29, 1.82) is 0 Å². The van der Waals surface area contributed by atoms with Crippen molar-refractivity contribution in [3.05, 3.63) is 89.8 Å². The molecule has 0 radical (unpaired) electrons. The topological polar surface area (TPSA) is 104 Å². The molecule has 0 spiro atoms.